The monoisotopic (exact) mass is 902 g/mol. The minimum atomic E-state index is -0.768. The number of carbonyl (C=O) groups is 3. The summed E-state index contributed by atoms with van der Waals surface area (Å²) < 4.78 is 25.1. The number of hydrogen-bond donors (Lipinski definition) is 3. The molecule has 3 amide bonds. The summed E-state index contributed by atoms with van der Waals surface area (Å²) in [5.41, 5.74) is 5.50. The van der Waals surface area contributed by atoms with E-state index in [-0.39, 0.29) is 18.8 Å². The van der Waals surface area contributed by atoms with Gasteiger partial charge in [0, 0.05) is 9.27 Å². The van der Waals surface area contributed by atoms with E-state index >= 15 is 0 Å². The number of ether oxygens (including phenoxy) is 4. The lowest BCUT2D eigenvalue weighted by Gasteiger charge is -2.28. The normalized spacial score (nSPS) is 14.4. The minimum absolute atomic E-state index is 0.186. The Morgan fingerprint density at radius 2 is 1.82 bits per heavy atom. The number of methoxy groups -OCH3 is 1. The zero-order chi connectivity index (χ0) is 32.5. The number of urea groups is 1. The standard InChI is InChI=1S/C31H29BrI2N4O7/c1-4-43-30(40)27-17(2)36-31(41)37-28(27)20-7-10-24(25(13-20)42-3)44-16-26(39)38-35-14-19-11-22(32)29(23(34)12-19)45-15-18-5-8-21(33)9-6-18/h5-14,28H,4,15-16H2,1-3H3,(H,38,39)(H2,36,37,41)/b35-14-/t28-/m0/s1. The van der Waals surface area contributed by atoms with Crippen LogP contribution in [0.2, 0.25) is 0 Å². The van der Waals surface area contributed by atoms with Crippen LogP contribution in [0.3, 0.4) is 0 Å². The predicted molar refractivity (Wildman–Crippen MR) is 188 cm³/mol. The predicted octanol–water partition coefficient (Wildman–Crippen LogP) is 5.97. The summed E-state index contributed by atoms with van der Waals surface area (Å²) in [5.74, 6) is 0.277. The van der Waals surface area contributed by atoms with Crippen LogP contribution >= 0.6 is 61.1 Å². The third-order valence-corrected chi connectivity index (χ3v) is 8.47. The van der Waals surface area contributed by atoms with Crippen LogP contribution in [0.4, 0.5) is 4.79 Å². The number of hydrazone groups is 1. The van der Waals surface area contributed by atoms with Gasteiger partial charge in [-0.1, -0.05) is 18.2 Å². The van der Waals surface area contributed by atoms with Crippen molar-refractivity contribution in [1.29, 1.82) is 0 Å². The van der Waals surface area contributed by atoms with Gasteiger partial charge in [0.2, 0.25) is 0 Å². The molecule has 0 saturated heterocycles. The summed E-state index contributed by atoms with van der Waals surface area (Å²) in [7, 11) is 1.45. The van der Waals surface area contributed by atoms with Crippen LogP contribution in [0.15, 0.2) is 75.4 Å². The number of benzene rings is 3. The number of halogens is 3. The first-order chi connectivity index (χ1) is 21.6. The topological polar surface area (TPSA) is 137 Å². The molecule has 3 aromatic rings. The fraction of sp³-hybridized carbons (Fsp3) is 0.226. The van der Waals surface area contributed by atoms with Gasteiger partial charge < -0.3 is 29.6 Å². The Morgan fingerprint density at radius 3 is 2.51 bits per heavy atom. The van der Waals surface area contributed by atoms with Gasteiger partial charge in [0.1, 0.15) is 12.4 Å². The van der Waals surface area contributed by atoms with Crippen LogP contribution in [0, 0.1) is 7.14 Å². The molecule has 1 aliphatic heterocycles. The van der Waals surface area contributed by atoms with Crippen LogP contribution in [0.25, 0.3) is 0 Å². The van der Waals surface area contributed by atoms with Gasteiger partial charge in [0.15, 0.2) is 18.1 Å². The second kappa shape index (κ2) is 16.3. The number of rotatable bonds is 12. The molecule has 0 radical (unpaired) electrons. The second-order valence-electron chi connectivity index (χ2n) is 9.51. The molecule has 1 aliphatic rings. The van der Waals surface area contributed by atoms with Crippen molar-refractivity contribution in [2.24, 2.45) is 5.10 Å². The van der Waals surface area contributed by atoms with E-state index in [1.54, 1.807) is 32.0 Å². The van der Waals surface area contributed by atoms with Gasteiger partial charge in [-0.25, -0.2) is 15.0 Å². The molecule has 0 saturated carbocycles. The molecule has 236 valence electrons. The van der Waals surface area contributed by atoms with Crippen LogP contribution in [-0.4, -0.2) is 44.4 Å². The number of amides is 3. The highest BCUT2D eigenvalue weighted by Crippen LogP contribution is 2.35. The Hall–Kier alpha value is -3.38. The molecule has 3 aromatic carbocycles. The van der Waals surface area contributed by atoms with E-state index in [1.807, 2.05) is 36.4 Å². The molecule has 0 fully saturated rings. The first kappa shape index (κ1) is 34.5. The van der Waals surface area contributed by atoms with Gasteiger partial charge in [-0.3, -0.25) is 4.79 Å². The van der Waals surface area contributed by atoms with Crippen LogP contribution in [0.5, 0.6) is 17.2 Å². The Morgan fingerprint density at radius 1 is 1.07 bits per heavy atom. The number of carbonyl (C=O) groups excluding carboxylic acids is 3. The first-order valence-electron chi connectivity index (χ1n) is 13.5. The van der Waals surface area contributed by atoms with Crippen molar-refractivity contribution >= 4 is 85.2 Å². The molecule has 11 nitrogen and oxygen atoms in total. The molecule has 0 unspecified atom stereocenters. The maximum atomic E-state index is 12.6. The Kier molecular flexibility index (Phi) is 12.5. The maximum Gasteiger partial charge on any atom is 0.338 e. The van der Waals surface area contributed by atoms with E-state index in [0.29, 0.717) is 29.4 Å². The van der Waals surface area contributed by atoms with E-state index in [9.17, 15) is 14.4 Å². The van der Waals surface area contributed by atoms with Gasteiger partial charge in [-0.15, -0.1) is 0 Å². The Labute approximate surface area is 295 Å². The second-order valence-corrected chi connectivity index (χ2v) is 12.8. The molecule has 0 bridgehead atoms. The van der Waals surface area contributed by atoms with Gasteiger partial charge in [0.25, 0.3) is 5.91 Å². The number of nitrogens with one attached hydrogen (secondary N) is 3. The summed E-state index contributed by atoms with van der Waals surface area (Å²) in [6.45, 7) is 3.62. The molecule has 0 aliphatic carbocycles. The van der Waals surface area contributed by atoms with Gasteiger partial charge in [-0.05, 0) is 128 Å². The molecule has 0 spiro atoms. The number of nitrogens with zero attached hydrogens (tertiary/aromatic N) is 1. The third-order valence-electron chi connectivity index (χ3n) is 6.36. The number of hydrogen-bond acceptors (Lipinski definition) is 8. The molecule has 1 atom stereocenters. The molecule has 1 heterocycles. The van der Waals surface area contributed by atoms with Crippen molar-refractivity contribution in [2.75, 3.05) is 20.3 Å². The molecule has 45 heavy (non-hydrogen) atoms. The molecule has 4 rings (SSSR count). The van der Waals surface area contributed by atoms with Crippen molar-refractivity contribution in [3.05, 3.63) is 94.2 Å². The fourth-order valence-corrected chi connectivity index (χ4v) is 6.42. The number of esters is 1. The van der Waals surface area contributed by atoms with Gasteiger partial charge in [0.05, 0.1) is 39.6 Å². The summed E-state index contributed by atoms with van der Waals surface area (Å²) in [4.78, 5) is 37.2. The zero-order valence-corrected chi connectivity index (χ0v) is 30.3. The first-order valence-corrected chi connectivity index (χ1v) is 16.5. The average Bonchev–Trinajstić information content (AvgIpc) is 3.00. The van der Waals surface area contributed by atoms with E-state index in [4.69, 9.17) is 18.9 Å². The lowest BCUT2D eigenvalue weighted by molar-refractivity contribution is -0.139. The quantitative estimate of drug-likeness (QED) is 0.0884. The van der Waals surface area contributed by atoms with Crippen LogP contribution in [0.1, 0.15) is 36.6 Å². The van der Waals surface area contributed by atoms with Crippen molar-refractivity contribution in [1.82, 2.24) is 16.1 Å². The smallest absolute Gasteiger partial charge is 0.338 e. The van der Waals surface area contributed by atoms with Gasteiger partial charge in [-0.2, -0.15) is 5.10 Å². The average molecular weight is 903 g/mol. The summed E-state index contributed by atoms with van der Waals surface area (Å²) >= 11 is 8.01. The highest BCUT2D eigenvalue weighted by molar-refractivity contribution is 14.1. The molecule has 0 aromatic heterocycles. The Bertz CT molecular complexity index is 1620. The Balaban J connectivity index is 1.35. The van der Waals surface area contributed by atoms with Crippen LogP contribution in [-0.2, 0) is 20.9 Å². The number of allylic oxidation sites excluding steroid dienone is 1. The molecular formula is C31H29BrI2N4O7. The van der Waals surface area contributed by atoms with E-state index < -0.39 is 23.9 Å². The molecule has 3 N–H and O–H groups in total. The van der Waals surface area contributed by atoms with E-state index in [2.05, 4.69) is 82.3 Å². The van der Waals surface area contributed by atoms with Crippen molar-refractivity contribution in [2.45, 2.75) is 26.5 Å². The minimum Gasteiger partial charge on any atom is -0.493 e. The van der Waals surface area contributed by atoms with Crippen molar-refractivity contribution < 1.29 is 33.3 Å². The highest BCUT2D eigenvalue weighted by Gasteiger charge is 2.32. The lowest BCUT2D eigenvalue weighted by atomic mass is 9.95. The lowest BCUT2D eigenvalue weighted by Crippen LogP contribution is -2.45. The van der Waals surface area contributed by atoms with Crippen molar-refractivity contribution in [3.8, 4) is 17.2 Å². The fourth-order valence-electron chi connectivity index (χ4n) is 4.29. The summed E-state index contributed by atoms with van der Waals surface area (Å²) in [6.07, 6.45) is 1.52. The molecular weight excluding hydrogens is 874 g/mol. The molecule has 14 heteroatoms. The SMILES string of the molecule is CCOC(=O)C1=C(C)NC(=O)N[C@H]1c1ccc(OCC(=O)N/N=C\c2cc(Br)c(OCc3ccc(I)cc3)c(I)c2)c(OC)c1. The third kappa shape index (κ3) is 9.32. The van der Waals surface area contributed by atoms with E-state index in [0.717, 1.165) is 28.5 Å². The summed E-state index contributed by atoms with van der Waals surface area (Å²) in [5, 5.41) is 9.38. The van der Waals surface area contributed by atoms with Gasteiger partial charge >= 0.3 is 12.0 Å². The largest absolute Gasteiger partial charge is 0.493 e. The van der Waals surface area contributed by atoms with Crippen molar-refractivity contribution in [3.63, 3.8) is 0 Å². The highest BCUT2D eigenvalue weighted by atomic mass is 127. The zero-order valence-electron chi connectivity index (χ0n) is 24.4. The van der Waals surface area contributed by atoms with Crippen LogP contribution < -0.4 is 30.3 Å². The maximum absolute atomic E-state index is 12.6. The summed E-state index contributed by atoms with van der Waals surface area (Å²) in [6, 6.07) is 15.5. The van der Waals surface area contributed by atoms with E-state index in [1.165, 1.54) is 13.3 Å².